The molecule has 74 valence electrons. The highest BCUT2D eigenvalue weighted by atomic mass is 15.1. The van der Waals surface area contributed by atoms with E-state index in [1.165, 1.54) is 5.70 Å². The maximum absolute atomic E-state index is 3.99. The molecule has 1 heteroatoms. The average molecular weight is 187 g/mol. The third-order valence-corrected chi connectivity index (χ3v) is 2.17. The molecule has 0 N–H and O–H groups in total. The molecule has 14 heavy (non-hydrogen) atoms. The lowest BCUT2D eigenvalue weighted by Crippen LogP contribution is -2.17. The summed E-state index contributed by atoms with van der Waals surface area (Å²) in [5, 5.41) is 0. The molecule has 0 aliphatic carbocycles. The van der Waals surface area contributed by atoms with E-state index in [1.807, 2.05) is 32.0 Å². The van der Waals surface area contributed by atoms with E-state index in [-0.39, 0.29) is 0 Å². The van der Waals surface area contributed by atoms with E-state index in [4.69, 9.17) is 0 Å². The largest absolute Gasteiger partial charge is 0.319 e. The second kappa shape index (κ2) is 4.66. The number of nitrogens with zero attached hydrogens (tertiary/aromatic N) is 1. The van der Waals surface area contributed by atoms with Crippen LogP contribution in [0.1, 0.15) is 20.8 Å². The van der Waals surface area contributed by atoms with Crippen molar-refractivity contribution in [2.45, 2.75) is 20.8 Å². The van der Waals surface area contributed by atoms with Gasteiger partial charge < -0.3 is 4.90 Å². The zero-order chi connectivity index (χ0) is 10.6. The van der Waals surface area contributed by atoms with Gasteiger partial charge in [-0.1, -0.05) is 30.9 Å². The fourth-order valence-corrected chi connectivity index (χ4v) is 1.43. The van der Waals surface area contributed by atoms with E-state index in [0.29, 0.717) is 0 Å². The predicted octanol–water partition coefficient (Wildman–Crippen LogP) is 3.95. The lowest BCUT2D eigenvalue weighted by atomic mass is 10.2. The van der Waals surface area contributed by atoms with Crippen LogP contribution in [0.5, 0.6) is 0 Å². The zero-order valence-corrected chi connectivity index (χ0v) is 9.12. The van der Waals surface area contributed by atoms with Crippen molar-refractivity contribution in [3.05, 3.63) is 54.4 Å². The molecule has 0 saturated carbocycles. The topological polar surface area (TPSA) is 3.24 Å². The van der Waals surface area contributed by atoms with Crippen LogP contribution < -0.4 is 4.90 Å². The van der Waals surface area contributed by atoms with Crippen LogP contribution in [0.2, 0.25) is 0 Å². The Morgan fingerprint density at radius 3 is 2.21 bits per heavy atom. The van der Waals surface area contributed by atoms with Crippen molar-refractivity contribution >= 4 is 5.69 Å². The van der Waals surface area contributed by atoms with E-state index in [2.05, 4.69) is 36.6 Å². The van der Waals surface area contributed by atoms with Gasteiger partial charge >= 0.3 is 0 Å². The second-order valence-electron chi connectivity index (χ2n) is 3.34. The van der Waals surface area contributed by atoms with Gasteiger partial charge in [0.15, 0.2) is 0 Å². The number of rotatable bonds is 3. The van der Waals surface area contributed by atoms with Crippen LogP contribution in [0.4, 0.5) is 5.69 Å². The molecule has 0 amide bonds. The summed E-state index contributed by atoms with van der Waals surface area (Å²) >= 11 is 0. The lowest BCUT2D eigenvalue weighted by molar-refractivity contribution is 1.06. The van der Waals surface area contributed by atoms with Crippen molar-refractivity contribution in [3.63, 3.8) is 0 Å². The van der Waals surface area contributed by atoms with Gasteiger partial charge in [0.1, 0.15) is 0 Å². The van der Waals surface area contributed by atoms with Crippen LogP contribution >= 0.6 is 0 Å². The highest BCUT2D eigenvalue weighted by Crippen LogP contribution is 2.22. The molecule has 0 saturated heterocycles. The van der Waals surface area contributed by atoms with Gasteiger partial charge in [0, 0.05) is 17.1 Å². The molecule has 0 aliphatic heterocycles. The molecule has 0 atom stereocenters. The van der Waals surface area contributed by atoms with Gasteiger partial charge in [0.05, 0.1) is 0 Å². The van der Waals surface area contributed by atoms with Gasteiger partial charge in [-0.2, -0.15) is 0 Å². The van der Waals surface area contributed by atoms with Crippen LogP contribution in [0.3, 0.4) is 0 Å². The molecule has 0 bridgehead atoms. The Hall–Kier alpha value is -1.50. The van der Waals surface area contributed by atoms with E-state index < -0.39 is 0 Å². The number of hydrogen-bond donors (Lipinski definition) is 0. The third-order valence-electron chi connectivity index (χ3n) is 2.17. The van der Waals surface area contributed by atoms with Crippen molar-refractivity contribution < 1.29 is 0 Å². The number of benzene rings is 1. The number of hydrogen-bond acceptors (Lipinski definition) is 1. The summed E-state index contributed by atoms with van der Waals surface area (Å²) in [6.07, 6.45) is 2.08. The first-order valence-corrected chi connectivity index (χ1v) is 4.80. The van der Waals surface area contributed by atoms with Crippen LogP contribution in [-0.2, 0) is 0 Å². The zero-order valence-electron chi connectivity index (χ0n) is 9.12. The normalized spacial score (nSPS) is 11.2. The van der Waals surface area contributed by atoms with Crippen LogP contribution in [0.25, 0.3) is 0 Å². The quantitative estimate of drug-likeness (QED) is 0.692. The summed E-state index contributed by atoms with van der Waals surface area (Å²) in [4.78, 5) is 2.14. The molecule has 1 nitrogen and oxygen atoms in total. The second-order valence-corrected chi connectivity index (χ2v) is 3.34. The van der Waals surface area contributed by atoms with Gasteiger partial charge in [0.2, 0.25) is 0 Å². The minimum atomic E-state index is 1.03. The first-order valence-electron chi connectivity index (χ1n) is 4.80. The van der Waals surface area contributed by atoms with Crippen LogP contribution in [0.15, 0.2) is 54.4 Å². The Morgan fingerprint density at radius 1 is 1.21 bits per heavy atom. The van der Waals surface area contributed by atoms with Gasteiger partial charge in [0.25, 0.3) is 0 Å². The molecular formula is C13H17N. The molecule has 0 aromatic heterocycles. The molecule has 0 fully saturated rings. The Morgan fingerprint density at radius 2 is 1.79 bits per heavy atom. The SMILES string of the molecule is C=C(C)N(/C(C)=C/C)c1ccccc1. The van der Waals surface area contributed by atoms with Crippen LogP contribution in [0, 0.1) is 0 Å². The Kier molecular flexibility index (Phi) is 3.52. The average Bonchev–Trinajstić information content (AvgIpc) is 2.19. The van der Waals surface area contributed by atoms with Gasteiger partial charge in [-0.15, -0.1) is 0 Å². The molecule has 0 unspecified atom stereocenters. The molecular weight excluding hydrogens is 170 g/mol. The van der Waals surface area contributed by atoms with Crippen molar-refractivity contribution in [1.29, 1.82) is 0 Å². The van der Waals surface area contributed by atoms with E-state index in [9.17, 15) is 0 Å². The first-order chi connectivity index (χ1) is 6.66. The van der Waals surface area contributed by atoms with E-state index in [1.54, 1.807) is 0 Å². The molecule has 0 spiro atoms. The van der Waals surface area contributed by atoms with Crippen molar-refractivity contribution in [3.8, 4) is 0 Å². The number of anilines is 1. The smallest absolute Gasteiger partial charge is 0.0454 e. The van der Waals surface area contributed by atoms with Gasteiger partial charge in [-0.25, -0.2) is 0 Å². The predicted molar refractivity (Wildman–Crippen MR) is 63.2 cm³/mol. The minimum absolute atomic E-state index is 1.03. The molecule has 0 heterocycles. The van der Waals surface area contributed by atoms with Gasteiger partial charge in [-0.05, 0) is 32.9 Å². The molecule has 0 aliphatic rings. The summed E-state index contributed by atoms with van der Waals surface area (Å²) in [5.41, 5.74) is 3.39. The molecule has 1 aromatic carbocycles. The van der Waals surface area contributed by atoms with E-state index in [0.717, 1.165) is 11.4 Å². The summed E-state index contributed by atoms with van der Waals surface area (Å²) in [7, 11) is 0. The summed E-state index contributed by atoms with van der Waals surface area (Å²) in [6.45, 7) is 10.1. The molecule has 1 rings (SSSR count). The van der Waals surface area contributed by atoms with Crippen molar-refractivity contribution in [2.24, 2.45) is 0 Å². The summed E-state index contributed by atoms with van der Waals surface area (Å²) < 4.78 is 0. The molecule has 1 aromatic rings. The summed E-state index contributed by atoms with van der Waals surface area (Å²) in [6, 6.07) is 10.3. The van der Waals surface area contributed by atoms with Crippen molar-refractivity contribution in [2.75, 3.05) is 4.90 Å². The highest BCUT2D eigenvalue weighted by Gasteiger charge is 2.06. The Bertz CT molecular complexity index is 336. The monoisotopic (exact) mass is 187 g/mol. The maximum Gasteiger partial charge on any atom is 0.0454 e. The van der Waals surface area contributed by atoms with Crippen molar-refractivity contribution in [1.82, 2.24) is 0 Å². The molecule has 0 radical (unpaired) electrons. The standard InChI is InChI=1S/C13H17N/c1-5-12(4)14(11(2)3)13-9-7-6-8-10-13/h5-10H,2H2,1,3-4H3/b12-5+. The fraction of sp³-hybridized carbons (Fsp3) is 0.231. The Balaban J connectivity index is 3.08. The minimum Gasteiger partial charge on any atom is -0.319 e. The van der Waals surface area contributed by atoms with E-state index >= 15 is 0 Å². The van der Waals surface area contributed by atoms with Gasteiger partial charge in [-0.3, -0.25) is 0 Å². The highest BCUT2D eigenvalue weighted by molar-refractivity contribution is 5.56. The lowest BCUT2D eigenvalue weighted by Gasteiger charge is -2.25. The number of para-hydroxylation sites is 1. The fourth-order valence-electron chi connectivity index (χ4n) is 1.43. The Labute approximate surface area is 86.4 Å². The van der Waals surface area contributed by atoms with Crippen LogP contribution in [-0.4, -0.2) is 0 Å². The summed E-state index contributed by atoms with van der Waals surface area (Å²) in [5.74, 6) is 0. The first kappa shape index (κ1) is 10.6. The third kappa shape index (κ3) is 2.25. The number of allylic oxidation sites excluding steroid dienone is 3. The maximum atomic E-state index is 3.99.